The summed E-state index contributed by atoms with van der Waals surface area (Å²) in [5.41, 5.74) is 0. The predicted octanol–water partition coefficient (Wildman–Crippen LogP) is 4.40. The van der Waals surface area contributed by atoms with Gasteiger partial charge in [0, 0.05) is 0 Å². The lowest BCUT2D eigenvalue weighted by Gasteiger charge is -2.14. The zero-order valence-corrected chi connectivity index (χ0v) is 14.5. The fourth-order valence-corrected chi connectivity index (χ4v) is 2.31. The highest BCUT2D eigenvalue weighted by molar-refractivity contribution is 7.40. The molecule has 1 atom stereocenters. The van der Waals surface area contributed by atoms with Crippen LogP contribution in [0, 0.1) is 0 Å². The van der Waals surface area contributed by atoms with Gasteiger partial charge in [-0.3, -0.25) is 0 Å². The lowest BCUT2D eigenvalue weighted by molar-refractivity contribution is 0.139. The summed E-state index contributed by atoms with van der Waals surface area (Å²) in [5, 5.41) is 0. The lowest BCUT2D eigenvalue weighted by atomic mass is 10.5. The third-order valence-electron chi connectivity index (χ3n) is 1.21. The molecule has 0 fully saturated rings. The van der Waals surface area contributed by atoms with E-state index in [9.17, 15) is 4.57 Å². The highest BCUT2D eigenvalue weighted by Crippen LogP contribution is 2.35. The normalized spacial score (nSPS) is 11.8. The maximum absolute atomic E-state index is 10.7. The second kappa shape index (κ2) is 13.1. The van der Waals surface area contributed by atoms with E-state index in [1.165, 1.54) is 0 Å². The van der Waals surface area contributed by atoms with Gasteiger partial charge in [0.05, 0.1) is 12.2 Å². The van der Waals surface area contributed by atoms with Crippen molar-refractivity contribution in [2.75, 3.05) is 6.16 Å². The van der Waals surface area contributed by atoms with Crippen molar-refractivity contribution in [3.05, 3.63) is 12.7 Å². The highest BCUT2D eigenvalue weighted by Gasteiger charge is 2.15. The van der Waals surface area contributed by atoms with Crippen molar-refractivity contribution in [2.45, 2.75) is 59.9 Å². The molecule has 7 heteroatoms. The Hall–Kier alpha value is 0.110. The van der Waals surface area contributed by atoms with Gasteiger partial charge < -0.3 is 13.9 Å². The van der Waals surface area contributed by atoms with Crippen LogP contribution in [0.15, 0.2) is 12.7 Å². The smallest absolute Gasteiger partial charge is 0.328 e. The molecular weight excluding hydrogens is 286 g/mol. The third-order valence-corrected chi connectivity index (χ3v) is 3.63. The Morgan fingerprint density at radius 2 is 1.53 bits per heavy atom. The van der Waals surface area contributed by atoms with E-state index in [1.54, 1.807) is 6.08 Å². The minimum atomic E-state index is -1.66. The van der Waals surface area contributed by atoms with E-state index in [-0.39, 0.29) is 18.3 Å². The topological polar surface area (TPSA) is 65.0 Å². The van der Waals surface area contributed by atoms with Gasteiger partial charge in [0.25, 0.3) is 0 Å². The summed E-state index contributed by atoms with van der Waals surface area (Å²) >= 11 is 0. The predicted molar refractivity (Wildman–Crippen MR) is 80.5 cm³/mol. The Kier molecular flexibility index (Phi) is 14.8. The van der Waals surface area contributed by atoms with Crippen LogP contribution in [0.1, 0.15) is 41.5 Å². The van der Waals surface area contributed by atoms with Gasteiger partial charge in [-0.15, -0.1) is 4.52 Å². The molecule has 0 saturated carbocycles. The summed E-state index contributed by atoms with van der Waals surface area (Å²) in [4.78, 5) is 9.01. The van der Waals surface area contributed by atoms with Crippen LogP contribution in [-0.4, -0.2) is 29.4 Å². The maximum Gasteiger partial charge on any atom is 0.512 e. The Morgan fingerprint density at radius 3 is 1.79 bits per heavy atom. The van der Waals surface area contributed by atoms with Crippen molar-refractivity contribution >= 4 is 16.6 Å². The van der Waals surface area contributed by atoms with Crippen LogP contribution in [0.25, 0.3) is 0 Å². The van der Waals surface area contributed by atoms with Crippen molar-refractivity contribution in [3.63, 3.8) is 0 Å². The van der Waals surface area contributed by atoms with E-state index in [0.29, 0.717) is 6.16 Å². The molecule has 19 heavy (non-hydrogen) atoms. The molecule has 0 aromatic heterocycles. The molecule has 0 bridgehead atoms. The van der Waals surface area contributed by atoms with Gasteiger partial charge in [-0.1, -0.05) is 6.58 Å². The molecule has 1 N–H and O–H groups in total. The monoisotopic (exact) mass is 313 g/mol. The minimum Gasteiger partial charge on any atom is -0.328 e. The van der Waals surface area contributed by atoms with Crippen LogP contribution in [0.5, 0.6) is 0 Å². The molecule has 0 heterocycles. The Bertz CT molecular complexity index is 234. The average molecular weight is 313 g/mol. The van der Waals surface area contributed by atoms with E-state index < -0.39 is 16.6 Å². The van der Waals surface area contributed by atoms with Crippen LogP contribution < -0.4 is 0 Å². The fraction of sp³-hybridized carbons (Fsp3) is 0.833. The van der Waals surface area contributed by atoms with E-state index in [1.807, 2.05) is 41.5 Å². The van der Waals surface area contributed by atoms with Crippen molar-refractivity contribution in [3.8, 4) is 0 Å². The quantitative estimate of drug-likeness (QED) is 0.531. The molecule has 0 spiro atoms. The van der Waals surface area contributed by atoms with E-state index >= 15 is 0 Å². The zero-order valence-electron chi connectivity index (χ0n) is 12.7. The first kappa shape index (κ1) is 21.4. The Labute approximate surface area is 119 Å². The molecule has 0 radical (unpaired) electrons. The number of hydrogen-bond acceptors (Lipinski definition) is 5. The minimum absolute atomic E-state index is 0.0230. The van der Waals surface area contributed by atoms with Crippen LogP contribution in [0.2, 0.25) is 0 Å². The van der Waals surface area contributed by atoms with Gasteiger partial charge in [-0.2, -0.15) is 0 Å². The third kappa shape index (κ3) is 20.6. The van der Waals surface area contributed by atoms with Gasteiger partial charge in [0.15, 0.2) is 6.16 Å². The average Bonchev–Trinajstić information content (AvgIpc) is 2.13. The number of hydrogen-bond donors (Lipinski definition) is 1. The maximum atomic E-state index is 10.7. The SMILES string of the molecule is C=CC[P+](=O)OC(C)C.CC(C)OP(O)OC(C)C. The summed E-state index contributed by atoms with van der Waals surface area (Å²) in [6.45, 7) is 14.6. The first-order valence-electron chi connectivity index (χ1n) is 6.23. The van der Waals surface area contributed by atoms with Crippen LogP contribution in [0.4, 0.5) is 0 Å². The Morgan fingerprint density at radius 1 is 1.11 bits per heavy atom. The first-order chi connectivity index (χ1) is 8.68. The molecule has 0 amide bonds. The molecule has 0 aliphatic carbocycles. The molecule has 0 aliphatic heterocycles. The van der Waals surface area contributed by atoms with Gasteiger partial charge in [-0.05, 0) is 52.2 Å². The Balaban J connectivity index is 0. The number of allylic oxidation sites excluding steroid dienone is 1. The summed E-state index contributed by atoms with van der Waals surface area (Å²) in [5.74, 6) is 0. The van der Waals surface area contributed by atoms with Crippen molar-refractivity contribution in [1.82, 2.24) is 0 Å². The van der Waals surface area contributed by atoms with E-state index in [0.717, 1.165) is 0 Å². The summed E-state index contributed by atoms with van der Waals surface area (Å²) < 4.78 is 25.6. The van der Waals surface area contributed by atoms with E-state index in [4.69, 9.17) is 18.5 Å². The van der Waals surface area contributed by atoms with Gasteiger partial charge in [0.2, 0.25) is 0 Å². The molecule has 0 aliphatic rings. The zero-order chi connectivity index (χ0) is 15.4. The fourth-order valence-electron chi connectivity index (χ4n) is 0.769. The van der Waals surface area contributed by atoms with Gasteiger partial charge in [-0.25, -0.2) is 0 Å². The van der Waals surface area contributed by atoms with Gasteiger partial charge >= 0.3 is 16.6 Å². The molecule has 0 aromatic rings. The van der Waals surface area contributed by atoms with Crippen molar-refractivity contribution < 1.29 is 23.0 Å². The molecular formula is C12H27O5P2+. The molecule has 1 unspecified atom stereocenters. The second-order valence-electron chi connectivity index (χ2n) is 4.50. The van der Waals surface area contributed by atoms with Crippen LogP contribution >= 0.6 is 16.6 Å². The van der Waals surface area contributed by atoms with Crippen LogP contribution in [0.3, 0.4) is 0 Å². The molecule has 0 rings (SSSR count). The first-order valence-corrected chi connectivity index (χ1v) is 8.73. The van der Waals surface area contributed by atoms with E-state index in [2.05, 4.69) is 6.58 Å². The lowest BCUT2D eigenvalue weighted by Crippen LogP contribution is -2.03. The second-order valence-corrected chi connectivity index (χ2v) is 6.64. The highest BCUT2D eigenvalue weighted by atomic mass is 31.2. The largest absolute Gasteiger partial charge is 0.512 e. The van der Waals surface area contributed by atoms with Gasteiger partial charge in [0.1, 0.15) is 6.10 Å². The summed E-state index contributed by atoms with van der Waals surface area (Å²) in [7, 11) is -3.15. The standard InChI is InChI=1S/C6H15O3P.C6H12O2P/c1-5(2)8-10(7)9-6(3)4;1-4-5-9(7)8-6(2)3/h5-7H,1-4H3;4,6H,1,5H2,2-3H3/q;+1. The summed E-state index contributed by atoms with van der Waals surface area (Å²) in [6, 6.07) is 0. The molecule has 5 nitrogen and oxygen atoms in total. The van der Waals surface area contributed by atoms with Crippen molar-refractivity contribution in [2.24, 2.45) is 0 Å². The number of rotatable bonds is 8. The summed E-state index contributed by atoms with van der Waals surface area (Å²) in [6.07, 6.45) is 2.15. The van der Waals surface area contributed by atoms with Crippen molar-refractivity contribution in [1.29, 1.82) is 0 Å². The molecule has 0 saturated heterocycles. The molecule has 0 aromatic carbocycles. The van der Waals surface area contributed by atoms with Crippen LogP contribution in [-0.2, 0) is 18.1 Å². The molecule has 114 valence electrons.